The second-order valence-corrected chi connectivity index (χ2v) is 6.73. The van der Waals surface area contributed by atoms with Crippen molar-refractivity contribution in [3.63, 3.8) is 0 Å². The summed E-state index contributed by atoms with van der Waals surface area (Å²) < 4.78 is 25.2. The predicted octanol–water partition coefficient (Wildman–Crippen LogP) is 3.20. The Kier molecular flexibility index (Phi) is 7.37. The molecule has 31 heavy (non-hydrogen) atoms. The van der Waals surface area contributed by atoms with Crippen molar-refractivity contribution in [2.45, 2.75) is 19.9 Å². The van der Waals surface area contributed by atoms with Gasteiger partial charge in [0.2, 0.25) is 5.91 Å². The fourth-order valence-electron chi connectivity index (χ4n) is 2.88. The van der Waals surface area contributed by atoms with E-state index < -0.39 is 11.6 Å². The summed E-state index contributed by atoms with van der Waals surface area (Å²) in [5, 5.41) is 7.01. The van der Waals surface area contributed by atoms with E-state index in [1.807, 2.05) is 19.1 Å². The van der Waals surface area contributed by atoms with Gasteiger partial charge in [-0.3, -0.25) is 9.59 Å². The number of rotatable bonds is 9. The molecule has 0 fully saturated rings. The van der Waals surface area contributed by atoms with Gasteiger partial charge >= 0.3 is 0 Å². The Labute approximate surface area is 179 Å². The Bertz CT molecular complexity index is 1070. The van der Waals surface area contributed by atoms with E-state index in [-0.39, 0.29) is 24.9 Å². The third kappa shape index (κ3) is 5.91. The first-order chi connectivity index (χ1) is 15.0. The number of aromatic nitrogens is 2. The third-order valence-corrected chi connectivity index (χ3v) is 4.52. The molecule has 8 heteroatoms. The quantitative estimate of drug-likeness (QED) is 0.533. The van der Waals surface area contributed by atoms with Gasteiger partial charge in [-0.1, -0.05) is 0 Å². The summed E-state index contributed by atoms with van der Waals surface area (Å²) >= 11 is 0. The first-order valence-corrected chi connectivity index (χ1v) is 9.97. The molecule has 0 saturated carbocycles. The number of nitrogens with zero attached hydrogens (tertiary/aromatic N) is 2. The molecule has 1 heterocycles. The van der Waals surface area contributed by atoms with E-state index in [0.717, 1.165) is 10.4 Å². The van der Waals surface area contributed by atoms with Gasteiger partial charge in [0, 0.05) is 11.6 Å². The van der Waals surface area contributed by atoms with Crippen molar-refractivity contribution in [2.75, 3.05) is 19.8 Å². The van der Waals surface area contributed by atoms with Crippen LogP contribution in [0.1, 0.15) is 19.9 Å². The highest BCUT2D eigenvalue weighted by atomic mass is 19.1. The normalized spacial score (nSPS) is 11.6. The van der Waals surface area contributed by atoms with E-state index in [0.29, 0.717) is 23.6 Å². The number of halogens is 1. The summed E-state index contributed by atoms with van der Waals surface area (Å²) in [7, 11) is 0. The lowest BCUT2D eigenvalue weighted by Crippen LogP contribution is -2.38. The summed E-state index contributed by atoms with van der Waals surface area (Å²) in [5.41, 5.74) is 0.712. The topological polar surface area (TPSA) is 82.4 Å². The molecule has 1 aromatic heterocycles. The van der Waals surface area contributed by atoms with Crippen LogP contribution in [0, 0.1) is 5.82 Å². The number of nitrogens with one attached hydrogen (secondary N) is 1. The van der Waals surface area contributed by atoms with Crippen LogP contribution in [0.3, 0.4) is 0 Å². The van der Waals surface area contributed by atoms with Gasteiger partial charge in [-0.25, -0.2) is 9.07 Å². The number of amides is 1. The Morgan fingerprint density at radius 3 is 2.32 bits per heavy atom. The van der Waals surface area contributed by atoms with Crippen LogP contribution in [0.2, 0.25) is 0 Å². The molecule has 0 radical (unpaired) electrons. The molecule has 3 aromatic rings. The molecule has 162 valence electrons. The van der Waals surface area contributed by atoms with Gasteiger partial charge in [-0.2, -0.15) is 5.10 Å². The van der Waals surface area contributed by atoms with E-state index in [2.05, 4.69) is 10.4 Å². The van der Waals surface area contributed by atoms with Crippen molar-refractivity contribution in [1.82, 2.24) is 15.1 Å². The maximum Gasteiger partial charge on any atom is 0.267 e. The molecule has 0 aliphatic heterocycles. The largest absolute Gasteiger partial charge is 0.494 e. The fourth-order valence-corrected chi connectivity index (χ4v) is 2.88. The lowest BCUT2D eigenvalue weighted by molar-refractivity contribution is -0.124. The molecule has 1 unspecified atom stereocenters. The minimum absolute atomic E-state index is 0.267. The Hall–Kier alpha value is -3.68. The van der Waals surface area contributed by atoms with E-state index >= 15 is 0 Å². The highest BCUT2D eigenvalue weighted by Crippen LogP contribution is 2.18. The van der Waals surface area contributed by atoms with Crippen molar-refractivity contribution in [3.8, 4) is 22.8 Å². The van der Waals surface area contributed by atoms with Crippen molar-refractivity contribution in [3.05, 3.63) is 76.8 Å². The highest BCUT2D eigenvalue weighted by Gasteiger charge is 2.17. The maximum absolute atomic E-state index is 13.1. The number of benzene rings is 2. The molecular weight excluding hydrogens is 401 g/mol. The number of hydrogen-bond acceptors (Lipinski definition) is 5. The third-order valence-electron chi connectivity index (χ3n) is 4.52. The van der Waals surface area contributed by atoms with E-state index in [1.54, 1.807) is 37.3 Å². The molecule has 3 rings (SSSR count). The smallest absolute Gasteiger partial charge is 0.267 e. The summed E-state index contributed by atoms with van der Waals surface area (Å²) in [4.78, 5) is 24.7. The first-order valence-electron chi connectivity index (χ1n) is 9.97. The minimum atomic E-state index is -0.821. The summed E-state index contributed by atoms with van der Waals surface area (Å²) in [6.07, 6.45) is 0. The van der Waals surface area contributed by atoms with Crippen LogP contribution in [0.5, 0.6) is 11.5 Å². The van der Waals surface area contributed by atoms with Crippen LogP contribution in [0.25, 0.3) is 11.3 Å². The van der Waals surface area contributed by atoms with Gasteiger partial charge in [-0.05, 0) is 68.4 Å². The number of ether oxygens (including phenoxy) is 2. The van der Waals surface area contributed by atoms with Gasteiger partial charge in [0.05, 0.1) is 18.8 Å². The molecule has 0 saturated heterocycles. The number of carbonyl (C=O) groups excluding carboxylic acids is 1. The van der Waals surface area contributed by atoms with Crippen molar-refractivity contribution < 1.29 is 18.7 Å². The molecule has 0 aliphatic carbocycles. The van der Waals surface area contributed by atoms with Crippen LogP contribution < -0.4 is 20.3 Å². The van der Waals surface area contributed by atoms with Crippen molar-refractivity contribution in [1.29, 1.82) is 0 Å². The summed E-state index contributed by atoms with van der Waals surface area (Å²) in [6, 6.07) is 15.0. The molecule has 1 amide bonds. The minimum Gasteiger partial charge on any atom is -0.494 e. The molecule has 0 bridgehead atoms. The number of carbonyl (C=O) groups is 1. The fraction of sp³-hybridized carbons (Fsp3) is 0.261. The molecule has 1 N–H and O–H groups in total. The zero-order valence-corrected chi connectivity index (χ0v) is 17.4. The average Bonchev–Trinajstić information content (AvgIpc) is 2.78. The lowest BCUT2D eigenvalue weighted by atomic mass is 10.1. The average molecular weight is 425 g/mol. The second-order valence-electron chi connectivity index (χ2n) is 6.73. The van der Waals surface area contributed by atoms with Gasteiger partial charge in [0.1, 0.15) is 30.0 Å². The maximum atomic E-state index is 13.1. The highest BCUT2D eigenvalue weighted by molar-refractivity contribution is 5.79. The zero-order chi connectivity index (χ0) is 22.2. The van der Waals surface area contributed by atoms with Gasteiger partial charge in [0.15, 0.2) is 0 Å². The lowest BCUT2D eigenvalue weighted by Gasteiger charge is -2.15. The Morgan fingerprint density at radius 2 is 1.68 bits per heavy atom. The second kappa shape index (κ2) is 10.4. The zero-order valence-electron chi connectivity index (χ0n) is 17.4. The molecule has 1 atom stereocenters. The van der Waals surface area contributed by atoms with Crippen LogP contribution in [0.4, 0.5) is 4.39 Å². The van der Waals surface area contributed by atoms with E-state index in [1.165, 1.54) is 18.2 Å². The van der Waals surface area contributed by atoms with Gasteiger partial charge < -0.3 is 14.8 Å². The Balaban J connectivity index is 1.56. The van der Waals surface area contributed by atoms with Gasteiger partial charge in [0.25, 0.3) is 5.56 Å². The SMILES string of the molecule is CCOc1ccc(OCCNC(=O)C(C)n2nc(-c3ccc(F)cc3)ccc2=O)cc1. The molecule has 2 aromatic carbocycles. The van der Waals surface area contributed by atoms with Crippen LogP contribution in [-0.4, -0.2) is 35.4 Å². The predicted molar refractivity (Wildman–Crippen MR) is 115 cm³/mol. The standard InChI is InChI=1S/C23H24FN3O4/c1-3-30-19-8-10-20(11-9-19)31-15-14-25-23(29)16(2)27-22(28)13-12-21(26-27)17-4-6-18(24)7-5-17/h4-13,16H,3,14-15H2,1-2H3,(H,25,29). The van der Waals surface area contributed by atoms with Crippen LogP contribution in [0.15, 0.2) is 65.5 Å². The van der Waals surface area contributed by atoms with E-state index in [9.17, 15) is 14.0 Å². The molecular formula is C23H24FN3O4. The Morgan fingerprint density at radius 1 is 1.03 bits per heavy atom. The molecule has 7 nitrogen and oxygen atoms in total. The monoisotopic (exact) mass is 425 g/mol. The molecule has 0 spiro atoms. The summed E-state index contributed by atoms with van der Waals surface area (Å²) in [5.74, 6) is 0.701. The van der Waals surface area contributed by atoms with Crippen molar-refractivity contribution >= 4 is 5.91 Å². The summed E-state index contributed by atoms with van der Waals surface area (Å²) in [6.45, 7) is 4.63. The molecule has 0 aliphatic rings. The van der Waals surface area contributed by atoms with E-state index in [4.69, 9.17) is 9.47 Å². The van der Waals surface area contributed by atoms with Crippen molar-refractivity contribution in [2.24, 2.45) is 0 Å². The van der Waals surface area contributed by atoms with Crippen LogP contribution >= 0.6 is 0 Å². The van der Waals surface area contributed by atoms with Gasteiger partial charge in [-0.15, -0.1) is 0 Å². The first kappa shape index (κ1) is 22.0. The van der Waals surface area contributed by atoms with Crippen LogP contribution in [-0.2, 0) is 4.79 Å². The number of hydrogen-bond donors (Lipinski definition) is 1.